The third-order valence-corrected chi connectivity index (χ3v) is 5.62. The van der Waals surface area contributed by atoms with E-state index in [1.165, 1.54) is 5.56 Å². The fraction of sp³-hybridized carbons (Fsp3) is 0.300. The van der Waals surface area contributed by atoms with E-state index in [-0.39, 0.29) is 0 Å². The smallest absolute Gasteiger partial charge is 0.250 e. The molecule has 2 saturated heterocycles. The van der Waals surface area contributed by atoms with Crippen LogP contribution in [0.2, 0.25) is 0 Å². The second-order valence-corrected chi connectivity index (χ2v) is 7.24. The van der Waals surface area contributed by atoms with E-state index in [0.717, 1.165) is 37.5 Å². The Balaban J connectivity index is 1.37. The number of hydrogen-bond acceptors (Lipinski definition) is 4. The monoisotopic (exact) mass is 347 g/mol. The van der Waals surface area contributed by atoms with Gasteiger partial charge in [-0.05, 0) is 24.1 Å². The van der Waals surface area contributed by atoms with Gasteiger partial charge in [-0.3, -0.25) is 9.69 Å². The van der Waals surface area contributed by atoms with Crippen molar-refractivity contribution in [2.24, 2.45) is 5.73 Å². The normalized spacial score (nSPS) is 22.4. The SMILES string of the molecule is NC(=O)c1cccc2[nH]c(N3C[C@@H]4C[C@H]3CN4Cc3ccccc3)nc12. The third-order valence-electron chi connectivity index (χ3n) is 5.62. The number of imidazole rings is 1. The lowest BCUT2D eigenvalue weighted by Gasteiger charge is -2.34. The van der Waals surface area contributed by atoms with Crippen molar-refractivity contribution < 1.29 is 4.79 Å². The number of benzene rings is 2. The number of primary amides is 1. The fourth-order valence-corrected chi connectivity index (χ4v) is 4.37. The second-order valence-electron chi connectivity index (χ2n) is 7.24. The molecule has 132 valence electrons. The van der Waals surface area contributed by atoms with Crippen molar-refractivity contribution in [3.63, 3.8) is 0 Å². The lowest BCUT2D eigenvalue weighted by molar-refractivity contribution is 0.100. The van der Waals surface area contributed by atoms with Gasteiger partial charge in [0.1, 0.15) is 5.52 Å². The van der Waals surface area contributed by atoms with E-state index in [1.807, 2.05) is 12.1 Å². The maximum absolute atomic E-state index is 11.6. The molecule has 3 aromatic rings. The lowest BCUT2D eigenvalue weighted by Crippen LogP contribution is -2.46. The highest BCUT2D eigenvalue weighted by Crippen LogP contribution is 2.35. The number of nitrogens with one attached hydrogen (secondary N) is 1. The van der Waals surface area contributed by atoms with Crippen molar-refractivity contribution in [2.75, 3.05) is 18.0 Å². The molecule has 2 aliphatic heterocycles. The maximum atomic E-state index is 11.6. The van der Waals surface area contributed by atoms with Crippen molar-refractivity contribution in [3.8, 4) is 0 Å². The van der Waals surface area contributed by atoms with E-state index in [9.17, 15) is 4.79 Å². The zero-order valence-corrected chi connectivity index (χ0v) is 14.4. The Morgan fingerprint density at radius 1 is 1.12 bits per heavy atom. The summed E-state index contributed by atoms with van der Waals surface area (Å²) in [5, 5.41) is 0. The van der Waals surface area contributed by atoms with Crippen LogP contribution >= 0.6 is 0 Å². The van der Waals surface area contributed by atoms with Gasteiger partial charge in [-0.15, -0.1) is 0 Å². The van der Waals surface area contributed by atoms with Crippen LogP contribution in [0.25, 0.3) is 11.0 Å². The first-order valence-corrected chi connectivity index (χ1v) is 9.02. The third kappa shape index (κ3) is 2.45. The Morgan fingerprint density at radius 3 is 2.69 bits per heavy atom. The first-order chi connectivity index (χ1) is 12.7. The zero-order chi connectivity index (χ0) is 17.7. The van der Waals surface area contributed by atoms with E-state index in [4.69, 9.17) is 10.7 Å². The van der Waals surface area contributed by atoms with Crippen LogP contribution in [0.3, 0.4) is 0 Å². The molecule has 2 aliphatic rings. The Kier molecular flexibility index (Phi) is 3.46. The van der Waals surface area contributed by atoms with Gasteiger partial charge in [0.2, 0.25) is 5.95 Å². The molecule has 0 aliphatic carbocycles. The number of aromatic amines is 1. The summed E-state index contributed by atoms with van der Waals surface area (Å²) in [6.45, 7) is 3.00. The van der Waals surface area contributed by atoms with E-state index < -0.39 is 5.91 Å². The van der Waals surface area contributed by atoms with Gasteiger partial charge in [0, 0.05) is 31.7 Å². The zero-order valence-electron chi connectivity index (χ0n) is 14.4. The lowest BCUT2D eigenvalue weighted by atomic mass is 10.2. The molecule has 0 unspecified atom stereocenters. The van der Waals surface area contributed by atoms with Gasteiger partial charge < -0.3 is 15.6 Å². The minimum atomic E-state index is -0.439. The summed E-state index contributed by atoms with van der Waals surface area (Å²) in [6.07, 6.45) is 1.16. The van der Waals surface area contributed by atoms with Gasteiger partial charge in [0.15, 0.2) is 0 Å². The number of anilines is 1. The molecule has 1 aromatic heterocycles. The van der Waals surface area contributed by atoms with Crippen LogP contribution in [0.15, 0.2) is 48.5 Å². The molecule has 2 aromatic carbocycles. The Labute approximate surface area is 151 Å². The summed E-state index contributed by atoms with van der Waals surface area (Å²) in [6, 6.07) is 17.1. The van der Waals surface area contributed by atoms with E-state index in [0.29, 0.717) is 23.2 Å². The number of aromatic nitrogens is 2. The molecule has 26 heavy (non-hydrogen) atoms. The first-order valence-electron chi connectivity index (χ1n) is 9.02. The molecule has 3 N–H and O–H groups in total. The Morgan fingerprint density at radius 2 is 1.96 bits per heavy atom. The molecule has 6 heteroatoms. The quantitative estimate of drug-likeness (QED) is 0.758. The number of amides is 1. The number of carbonyl (C=O) groups is 1. The number of carbonyl (C=O) groups excluding carboxylic acids is 1. The molecule has 6 nitrogen and oxygen atoms in total. The van der Waals surface area contributed by atoms with Crippen LogP contribution in [-0.2, 0) is 6.54 Å². The number of para-hydroxylation sites is 1. The highest BCUT2D eigenvalue weighted by atomic mass is 16.1. The van der Waals surface area contributed by atoms with Crippen molar-refractivity contribution in [1.82, 2.24) is 14.9 Å². The van der Waals surface area contributed by atoms with Crippen LogP contribution in [0.4, 0.5) is 5.95 Å². The summed E-state index contributed by atoms with van der Waals surface area (Å²) in [7, 11) is 0. The summed E-state index contributed by atoms with van der Waals surface area (Å²) >= 11 is 0. The Bertz CT molecular complexity index is 967. The molecule has 2 bridgehead atoms. The van der Waals surface area contributed by atoms with Crippen molar-refractivity contribution in [2.45, 2.75) is 25.0 Å². The van der Waals surface area contributed by atoms with E-state index >= 15 is 0 Å². The van der Waals surface area contributed by atoms with Crippen LogP contribution in [0, 0.1) is 0 Å². The second kappa shape index (κ2) is 5.85. The topological polar surface area (TPSA) is 78.2 Å². The standard InChI is InChI=1S/C20H21N5O/c21-19(26)16-7-4-8-17-18(16)23-20(22-17)25-12-14-9-15(25)11-24(14)10-13-5-2-1-3-6-13/h1-8,14-15H,9-12H2,(H2,21,26)(H,22,23)/t14-,15-/m0/s1. The first kappa shape index (κ1) is 15.4. The molecule has 5 rings (SSSR count). The number of nitrogens with two attached hydrogens (primary N) is 1. The molecule has 2 fully saturated rings. The molecule has 3 heterocycles. The van der Waals surface area contributed by atoms with Crippen LogP contribution < -0.4 is 10.6 Å². The van der Waals surface area contributed by atoms with Gasteiger partial charge in [-0.25, -0.2) is 4.98 Å². The number of hydrogen-bond donors (Lipinski definition) is 2. The summed E-state index contributed by atoms with van der Waals surface area (Å²) in [5.74, 6) is 0.409. The van der Waals surface area contributed by atoms with Crippen LogP contribution in [-0.4, -0.2) is 45.9 Å². The average molecular weight is 347 g/mol. The highest BCUT2D eigenvalue weighted by Gasteiger charge is 2.44. The maximum Gasteiger partial charge on any atom is 0.250 e. The van der Waals surface area contributed by atoms with Crippen molar-refractivity contribution in [3.05, 3.63) is 59.7 Å². The van der Waals surface area contributed by atoms with Gasteiger partial charge >= 0.3 is 0 Å². The molecular weight excluding hydrogens is 326 g/mol. The van der Waals surface area contributed by atoms with Gasteiger partial charge in [0.05, 0.1) is 11.1 Å². The number of piperazine rings is 1. The predicted octanol–water partition coefficient (Wildman–Crippen LogP) is 2.12. The van der Waals surface area contributed by atoms with E-state index in [1.54, 1.807) is 6.07 Å². The number of likely N-dealkylation sites (tertiary alicyclic amines) is 1. The molecule has 0 radical (unpaired) electrons. The predicted molar refractivity (Wildman–Crippen MR) is 101 cm³/mol. The van der Waals surface area contributed by atoms with Crippen molar-refractivity contribution >= 4 is 22.9 Å². The summed E-state index contributed by atoms with van der Waals surface area (Å²) in [4.78, 5) is 24.6. The average Bonchev–Trinajstić information content (AvgIpc) is 3.35. The van der Waals surface area contributed by atoms with E-state index in [2.05, 4.69) is 45.1 Å². The minimum absolute atomic E-state index is 0.439. The number of nitrogens with zero attached hydrogens (tertiary/aromatic N) is 3. The molecule has 2 atom stereocenters. The largest absolute Gasteiger partial charge is 0.366 e. The van der Waals surface area contributed by atoms with Gasteiger partial charge in [-0.2, -0.15) is 0 Å². The highest BCUT2D eigenvalue weighted by molar-refractivity contribution is 6.04. The number of H-pyrrole nitrogens is 1. The minimum Gasteiger partial charge on any atom is -0.366 e. The number of fused-ring (bicyclic) bond motifs is 3. The fourth-order valence-electron chi connectivity index (χ4n) is 4.37. The Hall–Kier alpha value is -2.86. The van der Waals surface area contributed by atoms with Gasteiger partial charge in [-0.1, -0.05) is 36.4 Å². The van der Waals surface area contributed by atoms with Gasteiger partial charge in [0.25, 0.3) is 5.91 Å². The van der Waals surface area contributed by atoms with Crippen LogP contribution in [0.1, 0.15) is 22.3 Å². The molecule has 1 amide bonds. The molecular formula is C20H21N5O. The molecule has 0 saturated carbocycles. The van der Waals surface area contributed by atoms with Crippen LogP contribution in [0.5, 0.6) is 0 Å². The van der Waals surface area contributed by atoms with Crippen molar-refractivity contribution in [1.29, 1.82) is 0 Å². The summed E-state index contributed by atoms with van der Waals surface area (Å²) in [5.41, 5.74) is 8.84. The summed E-state index contributed by atoms with van der Waals surface area (Å²) < 4.78 is 0. The molecule has 0 spiro atoms. The number of rotatable bonds is 4.